The number of benzene rings is 2. The van der Waals surface area contributed by atoms with E-state index in [2.05, 4.69) is 28.9 Å². The van der Waals surface area contributed by atoms with Crippen molar-refractivity contribution in [1.82, 2.24) is 25.1 Å². The molecule has 1 N–H and O–H groups in total. The van der Waals surface area contributed by atoms with Crippen LogP contribution in [0.25, 0.3) is 32.9 Å². The van der Waals surface area contributed by atoms with Crippen molar-refractivity contribution in [3.05, 3.63) is 41.7 Å². The zero-order chi connectivity index (χ0) is 31.8. The Morgan fingerprint density at radius 2 is 1.84 bits per heavy atom. The second-order valence-electron chi connectivity index (χ2n) is 12.1. The van der Waals surface area contributed by atoms with Gasteiger partial charge in [0.25, 0.3) is 6.43 Å². The van der Waals surface area contributed by atoms with Gasteiger partial charge in [0.2, 0.25) is 0 Å². The number of unbranched alkanes of at least 4 members (excludes halogenated alkanes) is 3. The van der Waals surface area contributed by atoms with Crippen LogP contribution in [0.4, 0.5) is 8.78 Å². The van der Waals surface area contributed by atoms with E-state index in [9.17, 15) is 8.78 Å². The summed E-state index contributed by atoms with van der Waals surface area (Å²) >= 11 is 0. The maximum atomic E-state index is 13.7. The standard InChI is InChI=1S/C35H47F2N5O3/c1-5-7-8-9-10-24(6-2)32-27-13-12-26(31-23(3)11-14-29-28(31)21-38-41-29)34(44-22-30(36)37)33(27)40-35(39-32)45-25-15-17-42(18-16-25)19-20-43-4/h11-14,21,24-25,30H,5-10,15-20,22H2,1-4H3,(H,38,41). The summed E-state index contributed by atoms with van der Waals surface area (Å²) in [5.74, 6) is 0.506. The largest absolute Gasteiger partial charge is 0.485 e. The van der Waals surface area contributed by atoms with Gasteiger partial charge in [-0.1, -0.05) is 51.7 Å². The fourth-order valence-corrected chi connectivity index (χ4v) is 6.48. The lowest BCUT2D eigenvalue weighted by atomic mass is 9.90. The fraction of sp³-hybridized carbons (Fsp3) is 0.571. The van der Waals surface area contributed by atoms with E-state index in [1.165, 1.54) is 19.3 Å². The molecular weight excluding hydrogens is 576 g/mol. The molecule has 8 nitrogen and oxygen atoms in total. The van der Waals surface area contributed by atoms with Crippen LogP contribution in [0.2, 0.25) is 0 Å². The Hall–Kier alpha value is -3.37. The van der Waals surface area contributed by atoms with E-state index in [0.717, 1.165) is 84.8 Å². The molecule has 1 aliphatic heterocycles. The SMILES string of the molecule is CCCCCCC(CC)c1nc(OC2CCN(CCOC)CC2)nc2c(OCC(F)F)c(-c3c(C)ccc4[nH]ncc34)ccc12. The number of ether oxygens (including phenoxy) is 3. The van der Waals surface area contributed by atoms with E-state index < -0.39 is 13.0 Å². The van der Waals surface area contributed by atoms with Crippen LogP contribution in [0.15, 0.2) is 30.5 Å². The number of alkyl halides is 2. The molecule has 0 radical (unpaired) electrons. The number of H-pyrrole nitrogens is 1. The number of nitrogens with zero attached hydrogens (tertiary/aromatic N) is 4. The highest BCUT2D eigenvalue weighted by Crippen LogP contribution is 2.43. The first kappa shape index (κ1) is 33.0. The summed E-state index contributed by atoms with van der Waals surface area (Å²) in [6.07, 6.45) is 7.33. The predicted molar refractivity (Wildman–Crippen MR) is 175 cm³/mol. The number of aromatic nitrogens is 4. The lowest BCUT2D eigenvalue weighted by Gasteiger charge is -2.31. The van der Waals surface area contributed by atoms with Crippen LogP contribution < -0.4 is 9.47 Å². The average molecular weight is 624 g/mol. The van der Waals surface area contributed by atoms with Crippen LogP contribution >= 0.6 is 0 Å². The Morgan fingerprint density at radius 1 is 1.02 bits per heavy atom. The van der Waals surface area contributed by atoms with Crippen molar-refractivity contribution in [3.8, 4) is 22.9 Å². The third kappa shape index (κ3) is 7.90. The van der Waals surface area contributed by atoms with Crippen molar-refractivity contribution in [3.63, 3.8) is 0 Å². The minimum absolute atomic E-state index is 0.0331. The molecule has 2 aromatic carbocycles. The van der Waals surface area contributed by atoms with E-state index in [1.807, 2.05) is 31.2 Å². The highest BCUT2D eigenvalue weighted by molar-refractivity contribution is 6.02. The Kier molecular flexibility index (Phi) is 11.6. The number of fused-ring (bicyclic) bond motifs is 2. The molecule has 0 saturated carbocycles. The third-order valence-electron chi connectivity index (χ3n) is 8.99. The summed E-state index contributed by atoms with van der Waals surface area (Å²) < 4.78 is 45.1. The molecule has 3 heterocycles. The van der Waals surface area contributed by atoms with Crippen molar-refractivity contribution in [2.45, 2.75) is 90.6 Å². The number of likely N-dealkylation sites (tertiary alicyclic amines) is 1. The van der Waals surface area contributed by atoms with Crippen molar-refractivity contribution >= 4 is 21.8 Å². The monoisotopic (exact) mass is 623 g/mol. The molecule has 5 rings (SSSR count). The molecule has 244 valence electrons. The number of aromatic amines is 1. The number of hydrogen-bond donors (Lipinski definition) is 1. The molecule has 0 aliphatic carbocycles. The number of rotatable bonds is 16. The quantitative estimate of drug-likeness (QED) is 0.126. The average Bonchev–Trinajstić information content (AvgIpc) is 3.52. The van der Waals surface area contributed by atoms with Crippen LogP contribution in [0, 0.1) is 6.92 Å². The van der Waals surface area contributed by atoms with Crippen LogP contribution in [0.3, 0.4) is 0 Å². The van der Waals surface area contributed by atoms with Crippen molar-refractivity contribution in [2.75, 3.05) is 40.0 Å². The van der Waals surface area contributed by atoms with Gasteiger partial charge in [-0.25, -0.2) is 8.78 Å². The molecule has 1 unspecified atom stereocenters. The smallest absolute Gasteiger partial charge is 0.317 e. The van der Waals surface area contributed by atoms with Gasteiger partial charge >= 0.3 is 6.01 Å². The van der Waals surface area contributed by atoms with Crippen molar-refractivity contribution < 1.29 is 23.0 Å². The summed E-state index contributed by atoms with van der Waals surface area (Å²) in [6.45, 7) is 9.07. The number of methoxy groups -OCH3 is 1. The first-order valence-electron chi connectivity index (χ1n) is 16.5. The highest BCUT2D eigenvalue weighted by atomic mass is 19.3. The number of aryl methyl sites for hydroxylation is 1. The maximum absolute atomic E-state index is 13.7. The molecule has 0 bridgehead atoms. The molecule has 1 saturated heterocycles. The van der Waals surface area contributed by atoms with E-state index in [4.69, 9.17) is 24.2 Å². The molecule has 2 aromatic heterocycles. The highest BCUT2D eigenvalue weighted by Gasteiger charge is 2.26. The van der Waals surface area contributed by atoms with Gasteiger partial charge in [0.1, 0.15) is 18.2 Å². The van der Waals surface area contributed by atoms with Crippen LogP contribution in [-0.4, -0.2) is 77.6 Å². The summed E-state index contributed by atoms with van der Waals surface area (Å²) in [4.78, 5) is 12.3. The zero-order valence-corrected chi connectivity index (χ0v) is 27.1. The molecule has 1 aliphatic rings. The van der Waals surface area contributed by atoms with Gasteiger partial charge < -0.3 is 19.1 Å². The van der Waals surface area contributed by atoms with Crippen LogP contribution in [0.5, 0.6) is 11.8 Å². The second kappa shape index (κ2) is 15.8. The van der Waals surface area contributed by atoms with E-state index in [1.54, 1.807) is 13.3 Å². The van der Waals surface area contributed by atoms with Crippen molar-refractivity contribution in [2.24, 2.45) is 0 Å². The van der Waals surface area contributed by atoms with E-state index >= 15 is 0 Å². The Morgan fingerprint density at radius 3 is 2.58 bits per heavy atom. The van der Waals surface area contributed by atoms with Gasteiger partial charge in [-0.15, -0.1) is 0 Å². The van der Waals surface area contributed by atoms with Gasteiger partial charge in [0, 0.05) is 49.0 Å². The molecule has 10 heteroatoms. The summed E-state index contributed by atoms with van der Waals surface area (Å²) in [7, 11) is 1.72. The summed E-state index contributed by atoms with van der Waals surface area (Å²) in [5.41, 5.74) is 4.84. The number of nitrogens with one attached hydrogen (secondary N) is 1. The van der Waals surface area contributed by atoms with Crippen molar-refractivity contribution in [1.29, 1.82) is 0 Å². The Labute approximate surface area is 264 Å². The molecule has 0 spiro atoms. The molecule has 0 amide bonds. The topological polar surface area (TPSA) is 85.4 Å². The minimum Gasteiger partial charge on any atom is -0.485 e. The minimum atomic E-state index is -2.64. The van der Waals surface area contributed by atoms with Crippen LogP contribution in [0.1, 0.15) is 82.4 Å². The first-order chi connectivity index (χ1) is 21.9. The molecule has 45 heavy (non-hydrogen) atoms. The van der Waals surface area contributed by atoms with Gasteiger partial charge in [-0.3, -0.25) is 5.10 Å². The maximum Gasteiger partial charge on any atom is 0.317 e. The molecule has 1 atom stereocenters. The van der Waals surface area contributed by atoms with E-state index in [-0.39, 0.29) is 18.0 Å². The number of hydrogen-bond acceptors (Lipinski definition) is 7. The lowest BCUT2D eigenvalue weighted by Crippen LogP contribution is -2.40. The van der Waals surface area contributed by atoms with Gasteiger partial charge in [0.15, 0.2) is 5.75 Å². The fourth-order valence-electron chi connectivity index (χ4n) is 6.48. The normalized spacial score (nSPS) is 15.4. The first-order valence-corrected chi connectivity index (χ1v) is 16.5. The predicted octanol–water partition coefficient (Wildman–Crippen LogP) is 8.08. The lowest BCUT2D eigenvalue weighted by molar-refractivity contribution is 0.0744. The zero-order valence-electron chi connectivity index (χ0n) is 27.1. The van der Waals surface area contributed by atoms with Gasteiger partial charge in [0.05, 0.1) is 24.0 Å². The Bertz CT molecular complexity index is 1540. The van der Waals surface area contributed by atoms with Gasteiger partial charge in [-0.05, 0) is 55.9 Å². The number of piperidine rings is 1. The molecular formula is C35H47F2N5O3. The second-order valence-corrected chi connectivity index (χ2v) is 12.1. The van der Waals surface area contributed by atoms with Gasteiger partial charge in [-0.2, -0.15) is 15.1 Å². The van der Waals surface area contributed by atoms with Crippen LogP contribution in [-0.2, 0) is 4.74 Å². The van der Waals surface area contributed by atoms with E-state index in [0.29, 0.717) is 23.4 Å². The summed E-state index contributed by atoms with van der Waals surface area (Å²) in [6, 6.07) is 8.25. The Balaban J connectivity index is 1.61. The third-order valence-corrected chi connectivity index (χ3v) is 8.99. The number of halogens is 2. The molecule has 4 aromatic rings. The summed E-state index contributed by atoms with van der Waals surface area (Å²) in [5, 5.41) is 8.99. The molecule has 1 fully saturated rings.